The third-order valence-electron chi connectivity index (χ3n) is 5.09. The number of amides is 2. The first-order valence-electron chi connectivity index (χ1n) is 10.2. The van der Waals surface area contributed by atoms with Gasteiger partial charge in [0.15, 0.2) is 0 Å². The predicted molar refractivity (Wildman–Crippen MR) is 119 cm³/mol. The van der Waals surface area contributed by atoms with E-state index in [0.717, 1.165) is 13.0 Å². The molecule has 3 rings (SSSR count). The third-order valence-corrected chi connectivity index (χ3v) is 5.90. The van der Waals surface area contributed by atoms with E-state index in [1.165, 1.54) is 11.1 Å². The standard InChI is InChI=1S/C23H26Cl2N2O3/c24-19-8-3-9-20(23(19)25)30-15-5-10-21(28)26-13-4-11-22(29)27-14-12-17-6-1-2-7-18(17)16-27/h1-3,6-9H,4-5,10-16H2,(H,26,28). The Bertz CT molecular complexity index is 889. The van der Waals surface area contributed by atoms with Crippen molar-refractivity contribution in [3.05, 3.63) is 63.6 Å². The van der Waals surface area contributed by atoms with Crippen LogP contribution >= 0.6 is 23.2 Å². The number of hydrogen-bond acceptors (Lipinski definition) is 3. The zero-order chi connectivity index (χ0) is 21.3. The fourth-order valence-electron chi connectivity index (χ4n) is 3.43. The first-order valence-corrected chi connectivity index (χ1v) is 11.0. The van der Waals surface area contributed by atoms with Crippen molar-refractivity contribution in [3.8, 4) is 5.75 Å². The van der Waals surface area contributed by atoms with Gasteiger partial charge in [0.1, 0.15) is 10.8 Å². The average molecular weight is 449 g/mol. The molecule has 160 valence electrons. The highest BCUT2D eigenvalue weighted by molar-refractivity contribution is 6.42. The van der Waals surface area contributed by atoms with Crippen LogP contribution in [0.2, 0.25) is 10.0 Å². The highest BCUT2D eigenvalue weighted by atomic mass is 35.5. The summed E-state index contributed by atoms with van der Waals surface area (Å²) < 4.78 is 5.57. The van der Waals surface area contributed by atoms with Gasteiger partial charge in [-0.25, -0.2) is 0 Å². The lowest BCUT2D eigenvalue weighted by atomic mass is 9.99. The maximum atomic E-state index is 12.4. The quantitative estimate of drug-likeness (QED) is 0.568. The minimum atomic E-state index is -0.0462. The zero-order valence-electron chi connectivity index (χ0n) is 16.8. The highest BCUT2D eigenvalue weighted by Gasteiger charge is 2.19. The summed E-state index contributed by atoms with van der Waals surface area (Å²) in [4.78, 5) is 26.3. The van der Waals surface area contributed by atoms with Gasteiger partial charge >= 0.3 is 0 Å². The number of rotatable bonds is 9. The van der Waals surface area contributed by atoms with Crippen LogP contribution in [0.5, 0.6) is 5.75 Å². The van der Waals surface area contributed by atoms with Gasteiger partial charge in [-0.05, 0) is 42.5 Å². The summed E-state index contributed by atoms with van der Waals surface area (Å²) in [6, 6.07) is 13.5. The summed E-state index contributed by atoms with van der Waals surface area (Å²) in [5.41, 5.74) is 2.56. The normalized spacial score (nSPS) is 12.9. The number of halogens is 2. The summed E-state index contributed by atoms with van der Waals surface area (Å²) >= 11 is 12.0. The topological polar surface area (TPSA) is 58.6 Å². The molecule has 1 heterocycles. The molecular formula is C23H26Cl2N2O3. The van der Waals surface area contributed by atoms with Gasteiger partial charge in [0.25, 0.3) is 0 Å². The molecule has 2 aromatic rings. The van der Waals surface area contributed by atoms with Crippen LogP contribution in [-0.2, 0) is 22.6 Å². The molecule has 0 spiro atoms. The summed E-state index contributed by atoms with van der Waals surface area (Å²) in [7, 11) is 0. The van der Waals surface area contributed by atoms with Gasteiger partial charge in [-0.3, -0.25) is 9.59 Å². The minimum Gasteiger partial charge on any atom is -0.492 e. The van der Waals surface area contributed by atoms with Crippen molar-refractivity contribution >= 4 is 35.0 Å². The summed E-state index contributed by atoms with van der Waals surface area (Å²) in [6.07, 6.45) is 2.91. The van der Waals surface area contributed by atoms with Crippen LogP contribution < -0.4 is 10.1 Å². The Morgan fingerprint density at radius 1 is 1.00 bits per heavy atom. The van der Waals surface area contributed by atoms with E-state index in [1.54, 1.807) is 18.2 Å². The number of benzene rings is 2. The molecule has 0 aliphatic carbocycles. The Morgan fingerprint density at radius 3 is 2.63 bits per heavy atom. The summed E-state index contributed by atoms with van der Waals surface area (Å²) in [5, 5.41) is 3.68. The van der Waals surface area contributed by atoms with Crippen molar-refractivity contribution in [2.45, 2.75) is 38.6 Å². The largest absolute Gasteiger partial charge is 0.492 e. The molecule has 0 aromatic heterocycles. The van der Waals surface area contributed by atoms with Crippen molar-refractivity contribution in [3.63, 3.8) is 0 Å². The van der Waals surface area contributed by atoms with Gasteiger partial charge in [-0.2, -0.15) is 0 Å². The van der Waals surface area contributed by atoms with Crippen molar-refractivity contribution in [2.24, 2.45) is 0 Å². The molecule has 0 saturated heterocycles. The van der Waals surface area contributed by atoms with Gasteiger partial charge in [-0.1, -0.05) is 53.5 Å². The molecule has 7 heteroatoms. The minimum absolute atomic E-state index is 0.0462. The second-order valence-electron chi connectivity index (χ2n) is 7.29. The molecule has 0 radical (unpaired) electrons. The number of ether oxygens (including phenoxy) is 1. The monoisotopic (exact) mass is 448 g/mol. The van der Waals surface area contributed by atoms with Gasteiger partial charge in [-0.15, -0.1) is 0 Å². The summed E-state index contributed by atoms with van der Waals surface area (Å²) in [6.45, 7) is 2.31. The number of nitrogens with zero attached hydrogens (tertiary/aromatic N) is 1. The van der Waals surface area contributed by atoms with E-state index >= 15 is 0 Å². The molecule has 2 aromatic carbocycles. The van der Waals surface area contributed by atoms with Crippen LogP contribution in [0.25, 0.3) is 0 Å². The highest BCUT2D eigenvalue weighted by Crippen LogP contribution is 2.31. The maximum absolute atomic E-state index is 12.4. The van der Waals surface area contributed by atoms with E-state index in [1.807, 2.05) is 17.0 Å². The number of carbonyl (C=O) groups excluding carboxylic acids is 2. The molecule has 2 amide bonds. The Labute approximate surface area is 187 Å². The van der Waals surface area contributed by atoms with E-state index < -0.39 is 0 Å². The first kappa shape index (κ1) is 22.4. The average Bonchev–Trinajstić information content (AvgIpc) is 2.76. The van der Waals surface area contributed by atoms with E-state index in [-0.39, 0.29) is 11.8 Å². The number of fused-ring (bicyclic) bond motifs is 1. The van der Waals surface area contributed by atoms with Crippen LogP contribution in [-0.4, -0.2) is 36.4 Å². The van der Waals surface area contributed by atoms with Crippen LogP contribution in [0, 0.1) is 0 Å². The van der Waals surface area contributed by atoms with Crippen LogP contribution in [0.1, 0.15) is 36.8 Å². The van der Waals surface area contributed by atoms with Gasteiger partial charge in [0.05, 0.1) is 11.6 Å². The summed E-state index contributed by atoms with van der Waals surface area (Å²) in [5.74, 6) is 0.615. The van der Waals surface area contributed by atoms with Crippen molar-refractivity contribution in [1.82, 2.24) is 10.2 Å². The number of nitrogens with one attached hydrogen (secondary N) is 1. The smallest absolute Gasteiger partial charge is 0.222 e. The predicted octanol–water partition coefficient (Wildman–Crippen LogP) is 4.63. The van der Waals surface area contributed by atoms with Crippen molar-refractivity contribution < 1.29 is 14.3 Å². The lowest BCUT2D eigenvalue weighted by Gasteiger charge is -2.29. The van der Waals surface area contributed by atoms with E-state index in [4.69, 9.17) is 27.9 Å². The molecule has 0 saturated carbocycles. The molecular weight excluding hydrogens is 423 g/mol. The molecule has 0 atom stereocenters. The number of hydrogen-bond donors (Lipinski definition) is 1. The Balaban J connectivity index is 1.27. The fourth-order valence-corrected chi connectivity index (χ4v) is 3.78. The van der Waals surface area contributed by atoms with Gasteiger partial charge in [0, 0.05) is 32.5 Å². The van der Waals surface area contributed by atoms with E-state index in [2.05, 4.69) is 17.4 Å². The Hall–Kier alpha value is -2.24. The second-order valence-corrected chi connectivity index (χ2v) is 8.08. The van der Waals surface area contributed by atoms with Crippen LogP contribution in [0.15, 0.2) is 42.5 Å². The second kappa shape index (κ2) is 11.2. The Kier molecular flexibility index (Phi) is 8.40. The molecule has 0 bridgehead atoms. The molecule has 1 N–H and O–H groups in total. The van der Waals surface area contributed by atoms with Crippen molar-refractivity contribution in [2.75, 3.05) is 19.7 Å². The third kappa shape index (κ3) is 6.38. The van der Waals surface area contributed by atoms with Crippen LogP contribution in [0.3, 0.4) is 0 Å². The maximum Gasteiger partial charge on any atom is 0.222 e. The lowest BCUT2D eigenvalue weighted by molar-refractivity contribution is -0.132. The first-order chi connectivity index (χ1) is 14.5. The fraction of sp³-hybridized carbons (Fsp3) is 0.391. The molecule has 30 heavy (non-hydrogen) atoms. The molecule has 5 nitrogen and oxygen atoms in total. The van der Waals surface area contributed by atoms with E-state index in [9.17, 15) is 9.59 Å². The number of carbonyl (C=O) groups is 2. The van der Waals surface area contributed by atoms with E-state index in [0.29, 0.717) is 61.2 Å². The molecule has 1 aliphatic rings. The van der Waals surface area contributed by atoms with Gasteiger partial charge in [0.2, 0.25) is 11.8 Å². The zero-order valence-corrected chi connectivity index (χ0v) is 18.3. The van der Waals surface area contributed by atoms with Crippen molar-refractivity contribution in [1.29, 1.82) is 0 Å². The molecule has 0 unspecified atom stereocenters. The van der Waals surface area contributed by atoms with Gasteiger partial charge < -0.3 is 15.0 Å². The van der Waals surface area contributed by atoms with Crippen LogP contribution in [0.4, 0.5) is 0 Å². The lowest BCUT2D eigenvalue weighted by Crippen LogP contribution is -2.36. The molecule has 1 aliphatic heterocycles. The SMILES string of the molecule is O=C(CCCOc1cccc(Cl)c1Cl)NCCCC(=O)N1CCc2ccccc2C1. The Morgan fingerprint density at radius 2 is 1.80 bits per heavy atom. The molecule has 0 fully saturated rings.